The molecule has 1 unspecified atom stereocenters. The number of nitrogen functional groups attached to an aromatic ring is 1. The van der Waals surface area contributed by atoms with Gasteiger partial charge in [-0.3, -0.25) is 9.69 Å². The van der Waals surface area contributed by atoms with Crippen LogP contribution in [0.5, 0.6) is 0 Å². The number of hydrogen-bond acceptors (Lipinski definition) is 7. The van der Waals surface area contributed by atoms with E-state index in [2.05, 4.69) is 42.6 Å². The van der Waals surface area contributed by atoms with Gasteiger partial charge < -0.3 is 15.6 Å². The van der Waals surface area contributed by atoms with E-state index in [1.165, 1.54) is 6.33 Å². The summed E-state index contributed by atoms with van der Waals surface area (Å²) in [7, 11) is 1.74. The number of piperidine rings is 1. The number of carboxylic acid groups (broad SMARTS) is 1. The first-order chi connectivity index (χ1) is 11.9. The molecule has 0 bridgehead atoms. The molecule has 3 rings (SSSR count). The molecule has 0 radical (unpaired) electrons. The summed E-state index contributed by atoms with van der Waals surface area (Å²) >= 11 is 2.20. The molecule has 1 atom stereocenters. The topological polar surface area (TPSA) is 119 Å². The Hall–Kier alpha value is -1.53. The van der Waals surface area contributed by atoms with E-state index in [-0.39, 0.29) is 0 Å². The number of fused-ring (bicyclic) bond motifs is 1. The standard InChI is InChI=1S/C13H19IN6O.C2H4O2/c1-21-6-5-19-4-2-3-9(7-19)20-13-10(11(14)18-20)12(15)16-8-17-13;1-2(3)4/h8-9H,2-7H2,1H3,(H2,15,16,17);1H3,(H,3,4). The van der Waals surface area contributed by atoms with Gasteiger partial charge in [0.1, 0.15) is 15.8 Å². The second-order valence-electron chi connectivity index (χ2n) is 5.80. The summed E-state index contributed by atoms with van der Waals surface area (Å²) in [6.45, 7) is 4.90. The molecule has 10 heteroatoms. The van der Waals surface area contributed by atoms with E-state index in [9.17, 15) is 0 Å². The van der Waals surface area contributed by atoms with E-state index >= 15 is 0 Å². The molecular weight excluding hydrogens is 439 g/mol. The van der Waals surface area contributed by atoms with Crippen molar-refractivity contribution >= 4 is 45.4 Å². The van der Waals surface area contributed by atoms with Crippen molar-refractivity contribution in [3.05, 3.63) is 10.0 Å². The van der Waals surface area contributed by atoms with Crippen LogP contribution in [0.1, 0.15) is 25.8 Å². The molecule has 9 nitrogen and oxygen atoms in total. The Bertz CT molecular complexity index is 719. The molecular formula is C15H23IN6O3. The normalized spacial score (nSPS) is 18.0. The van der Waals surface area contributed by atoms with Crippen LogP contribution in [0.4, 0.5) is 5.82 Å². The molecule has 0 amide bonds. The van der Waals surface area contributed by atoms with Crippen LogP contribution in [0.15, 0.2) is 6.33 Å². The van der Waals surface area contributed by atoms with Crippen LogP contribution >= 0.6 is 22.6 Å². The maximum Gasteiger partial charge on any atom is 0.300 e. The van der Waals surface area contributed by atoms with Crippen molar-refractivity contribution < 1.29 is 14.6 Å². The Morgan fingerprint density at radius 1 is 1.52 bits per heavy atom. The van der Waals surface area contributed by atoms with Gasteiger partial charge in [-0.25, -0.2) is 14.6 Å². The summed E-state index contributed by atoms with van der Waals surface area (Å²) in [5.41, 5.74) is 6.80. The van der Waals surface area contributed by atoms with Gasteiger partial charge in [0.25, 0.3) is 5.97 Å². The molecule has 1 aliphatic rings. The van der Waals surface area contributed by atoms with Gasteiger partial charge in [0, 0.05) is 27.1 Å². The van der Waals surface area contributed by atoms with E-state index in [1.807, 2.05) is 4.68 Å². The SMILES string of the molecule is CC(=O)O.COCCN1CCCC(n2nc(I)c3c(N)ncnc32)C1. The largest absolute Gasteiger partial charge is 0.481 e. The summed E-state index contributed by atoms with van der Waals surface area (Å²) in [6, 6.07) is 0.330. The van der Waals surface area contributed by atoms with Gasteiger partial charge in [0.15, 0.2) is 5.65 Å². The molecule has 0 aliphatic carbocycles. The predicted molar refractivity (Wildman–Crippen MR) is 102 cm³/mol. The number of likely N-dealkylation sites (tertiary alicyclic amines) is 1. The summed E-state index contributed by atoms with van der Waals surface area (Å²) < 4.78 is 8.07. The Morgan fingerprint density at radius 3 is 2.92 bits per heavy atom. The summed E-state index contributed by atoms with van der Waals surface area (Å²) in [5.74, 6) is -0.331. The number of rotatable bonds is 4. The third-order valence-electron chi connectivity index (χ3n) is 3.91. The zero-order valence-electron chi connectivity index (χ0n) is 14.4. The van der Waals surface area contributed by atoms with Gasteiger partial charge >= 0.3 is 0 Å². The monoisotopic (exact) mass is 462 g/mol. The van der Waals surface area contributed by atoms with Crippen LogP contribution in [-0.4, -0.2) is 69.1 Å². The smallest absolute Gasteiger partial charge is 0.300 e. The van der Waals surface area contributed by atoms with Gasteiger partial charge in [-0.2, -0.15) is 5.10 Å². The molecule has 2 aromatic heterocycles. The molecule has 0 aromatic carbocycles. The van der Waals surface area contributed by atoms with E-state index < -0.39 is 5.97 Å². The Balaban J connectivity index is 0.000000511. The molecule has 1 fully saturated rings. The predicted octanol–water partition coefficient (Wildman–Crippen LogP) is 1.39. The highest BCUT2D eigenvalue weighted by atomic mass is 127. The van der Waals surface area contributed by atoms with Crippen molar-refractivity contribution in [2.24, 2.45) is 0 Å². The minimum absolute atomic E-state index is 0.330. The molecule has 25 heavy (non-hydrogen) atoms. The number of methoxy groups -OCH3 is 1. The van der Waals surface area contributed by atoms with Crippen LogP contribution in [0.3, 0.4) is 0 Å². The third-order valence-corrected chi connectivity index (χ3v) is 4.67. The summed E-state index contributed by atoms with van der Waals surface area (Å²) in [4.78, 5) is 19.9. The number of aliphatic carboxylic acids is 1. The molecule has 1 saturated heterocycles. The lowest BCUT2D eigenvalue weighted by Crippen LogP contribution is -2.38. The minimum Gasteiger partial charge on any atom is -0.481 e. The highest BCUT2D eigenvalue weighted by Gasteiger charge is 2.25. The fourth-order valence-corrected chi connectivity index (χ4v) is 3.61. The first-order valence-electron chi connectivity index (χ1n) is 7.99. The zero-order valence-corrected chi connectivity index (χ0v) is 16.5. The Labute approximate surface area is 159 Å². The first-order valence-corrected chi connectivity index (χ1v) is 9.07. The highest BCUT2D eigenvalue weighted by molar-refractivity contribution is 14.1. The number of hydrogen-bond donors (Lipinski definition) is 2. The van der Waals surface area contributed by atoms with Crippen molar-refractivity contribution in [1.82, 2.24) is 24.6 Å². The summed E-state index contributed by atoms with van der Waals surface area (Å²) in [6.07, 6.45) is 3.78. The van der Waals surface area contributed by atoms with Gasteiger partial charge in [-0.15, -0.1) is 0 Å². The van der Waals surface area contributed by atoms with Crippen molar-refractivity contribution in [2.75, 3.05) is 39.1 Å². The molecule has 2 aromatic rings. The maximum absolute atomic E-state index is 9.00. The Morgan fingerprint density at radius 2 is 2.24 bits per heavy atom. The second-order valence-corrected chi connectivity index (χ2v) is 6.82. The van der Waals surface area contributed by atoms with E-state index in [0.717, 1.165) is 60.7 Å². The van der Waals surface area contributed by atoms with Crippen LogP contribution in [0, 0.1) is 3.70 Å². The fraction of sp³-hybridized carbons (Fsp3) is 0.600. The number of aromatic nitrogens is 4. The number of nitrogens with zero attached hydrogens (tertiary/aromatic N) is 5. The number of carboxylic acids is 1. The minimum atomic E-state index is -0.833. The number of nitrogens with two attached hydrogens (primary N) is 1. The van der Waals surface area contributed by atoms with Crippen LogP contribution in [-0.2, 0) is 9.53 Å². The molecule has 3 N–H and O–H groups in total. The van der Waals surface area contributed by atoms with Crippen LogP contribution in [0.25, 0.3) is 11.0 Å². The second kappa shape index (κ2) is 9.25. The quantitative estimate of drug-likeness (QED) is 0.655. The van der Waals surface area contributed by atoms with Crippen molar-refractivity contribution in [2.45, 2.75) is 25.8 Å². The molecule has 3 heterocycles. The zero-order chi connectivity index (χ0) is 18.4. The van der Waals surface area contributed by atoms with Gasteiger partial charge in [0.2, 0.25) is 0 Å². The van der Waals surface area contributed by atoms with E-state index in [4.69, 9.17) is 20.4 Å². The van der Waals surface area contributed by atoms with Gasteiger partial charge in [0.05, 0.1) is 18.0 Å². The highest BCUT2D eigenvalue weighted by Crippen LogP contribution is 2.28. The lowest BCUT2D eigenvalue weighted by molar-refractivity contribution is -0.134. The number of anilines is 1. The molecule has 138 valence electrons. The Kier molecular flexibility index (Phi) is 7.32. The summed E-state index contributed by atoms with van der Waals surface area (Å²) in [5, 5.41) is 12.9. The lowest BCUT2D eigenvalue weighted by atomic mass is 10.1. The van der Waals surface area contributed by atoms with Gasteiger partial charge in [-0.1, -0.05) is 0 Å². The number of ether oxygens (including phenoxy) is 1. The molecule has 1 aliphatic heterocycles. The average molecular weight is 462 g/mol. The number of halogens is 1. The lowest BCUT2D eigenvalue weighted by Gasteiger charge is -2.32. The fourth-order valence-electron chi connectivity index (χ4n) is 2.86. The number of carbonyl (C=O) groups is 1. The molecule has 0 spiro atoms. The molecule has 0 saturated carbocycles. The van der Waals surface area contributed by atoms with Gasteiger partial charge in [-0.05, 0) is 42.0 Å². The first kappa shape index (κ1) is 19.8. The third kappa shape index (κ3) is 5.22. The average Bonchev–Trinajstić information content (AvgIpc) is 2.91. The van der Waals surface area contributed by atoms with Crippen molar-refractivity contribution in [3.8, 4) is 0 Å². The van der Waals surface area contributed by atoms with Crippen molar-refractivity contribution in [1.29, 1.82) is 0 Å². The van der Waals surface area contributed by atoms with E-state index in [0.29, 0.717) is 11.9 Å². The maximum atomic E-state index is 9.00. The van der Waals surface area contributed by atoms with E-state index in [1.54, 1.807) is 7.11 Å². The van der Waals surface area contributed by atoms with Crippen LogP contribution in [0.2, 0.25) is 0 Å². The van der Waals surface area contributed by atoms with Crippen molar-refractivity contribution in [3.63, 3.8) is 0 Å². The van der Waals surface area contributed by atoms with Crippen LogP contribution < -0.4 is 5.73 Å².